The topological polar surface area (TPSA) is 34.1 Å². The molecule has 0 aliphatic carbocycles. The normalized spacial score (nSPS) is 20.5. The number of aromatic nitrogens is 1. The van der Waals surface area contributed by atoms with Crippen molar-refractivity contribution in [1.29, 1.82) is 0 Å². The summed E-state index contributed by atoms with van der Waals surface area (Å²) in [6.07, 6.45) is -1.19. The highest BCUT2D eigenvalue weighted by Gasteiger charge is 2.32. The van der Waals surface area contributed by atoms with E-state index >= 15 is 0 Å². The van der Waals surface area contributed by atoms with E-state index in [0.29, 0.717) is 12.2 Å². The van der Waals surface area contributed by atoms with Crippen LogP contribution in [0.25, 0.3) is 0 Å². The van der Waals surface area contributed by atoms with Gasteiger partial charge in [0.05, 0.1) is 6.10 Å². The standard InChI is InChI=1S/C11H13F3N2O/c12-11(13,14)10-6-8(3-4-15-10)16-7-9-2-1-5-17-9/h3-4,6,9H,1-2,5,7H2,(H,15,16). The molecule has 1 aliphatic rings. The van der Waals surface area contributed by atoms with E-state index in [9.17, 15) is 13.2 Å². The Hall–Kier alpha value is -1.30. The number of hydrogen-bond acceptors (Lipinski definition) is 3. The Morgan fingerprint density at radius 2 is 2.29 bits per heavy atom. The lowest BCUT2D eigenvalue weighted by molar-refractivity contribution is -0.141. The van der Waals surface area contributed by atoms with Gasteiger partial charge in [-0.3, -0.25) is 4.98 Å². The maximum Gasteiger partial charge on any atom is 0.433 e. The summed E-state index contributed by atoms with van der Waals surface area (Å²) in [5.74, 6) is 0. The lowest BCUT2D eigenvalue weighted by Crippen LogP contribution is -2.18. The Morgan fingerprint density at radius 1 is 1.47 bits per heavy atom. The molecule has 1 N–H and O–H groups in total. The molecule has 0 aromatic carbocycles. The van der Waals surface area contributed by atoms with E-state index in [-0.39, 0.29) is 6.10 Å². The van der Waals surface area contributed by atoms with Gasteiger partial charge in [0.2, 0.25) is 0 Å². The van der Waals surface area contributed by atoms with Crippen molar-refractivity contribution in [3.63, 3.8) is 0 Å². The van der Waals surface area contributed by atoms with Crippen molar-refractivity contribution in [3.8, 4) is 0 Å². The Kier molecular flexibility index (Phi) is 3.51. The molecule has 1 fully saturated rings. The van der Waals surface area contributed by atoms with Crippen molar-refractivity contribution in [2.75, 3.05) is 18.5 Å². The van der Waals surface area contributed by atoms with E-state index in [1.165, 1.54) is 6.07 Å². The Bertz CT molecular complexity index is 375. The molecule has 1 unspecified atom stereocenters. The molecule has 1 aromatic rings. The molecule has 1 aliphatic heterocycles. The SMILES string of the molecule is FC(F)(F)c1cc(NCC2CCCO2)ccn1. The summed E-state index contributed by atoms with van der Waals surface area (Å²) >= 11 is 0. The van der Waals surface area contributed by atoms with Crippen molar-refractivity contribution >= 4 is 5.69 Å². The zero-order chi connectivity index (χ0) is 12.3. The molecule has 1 saturated heterocycles. The summed E-state index contributed by atoms with van der Waals surface area (Å²) < 4.78 is 42.6. The average molecular weight is 246 g/mol. The Morgan fingerprint density at radius 3 is 2.94 bits per heavy atom. The predicted molar refractivity (Wildman–Crippen MR) is 56.7 cm³/mol. The quantitative estimate of drug-likeness (QED) is 0.890. The zero-order valence-corrected chi connectivity index (χ0v) is 9.13. The van der Waals surface area contributed by atoms with Gasteiger partial charge in [-0.1, -0.05) is 0 Å². The number of nitrogens with zero attached hydrogens (tertiary/aromatic N) is 1. The number of alkyl halides is 3. The number of halogens is 3. The molecule has 0 amide bonds. The van der Waals surface area contributed by atoms with Crippen LogP contribution in [0.5, 0.6) is 0 Å². The molecule has 94 valence electrons. The third kappa shape index (κ3) is 3.33. The number of ether oxygens (including phenoxy) is 1. The second-order valence-electron chi connectivity index (χ2n) is 3.94. The molecule has 1 aromatic heterocycles. The van der Waals surface area contributed by atoms with Crippen LogP contribution in [0.4, 0.5) is 18.9 Å². The van der Waals surface area contributed by atoms with Crippen molar-refractivity contribution in [2.24, 2.45) is 0 Å². The van der Waals surface area contributed by atoms with Crippen LogP contribution < -0.4 is 5.32 Å². The van der Waals surface area contributed by atoms with Gasteiger partial charge in [0.15, 0.2) is 0 Å². The molecule has 0 bridgehead atoms. The zero-order valence-electron chi connectivity index (χ0n) is 9.13. The second kappa shape index (κ2) is 4.91. The molecule has 6 heteroatoms. The van der Waals surface area contributed by atoms with E-state index in [0.717, 1.165) is 31.7 Å². The highest BCUT2D eigenvalue weighted by Crippen LogP contribution is 2.28. The van der Waals surface area contributed by atoms with Crippen LogP contribution in [-0.4, -0.2) is 24.2 Å². The predicted octanol–water partition coefficient (Wildman–Crippen LogP) is 2.69. The van der Waals surface area contributed by atoms with E-state index in [1.54, 1.807) is 0 Å². The van der Waals surface area contributed by atoms with Gasteiger partial charge in [-0.25, -0.2) is 0 Å². The number of rotatable bonds is 3. The Balaban J connectivity index is 1.96. The first-order chi connectivity index (χ1) is 8.05. The molecule has 0 saturated carbocycles. The number of anilines is 1. The monoisotopic (exact) mass is 246 g/mol. The number of pyridine rings is 1. The first-order valence-corrected chi connectivity index (χ1v) is 5.44. The van der Waals surface area contributed by atoms with Gasteiger partial charge in [-0.05, 0) is 25.0 Å². The summed E-state index contributed by atoms with van der Waals surface area (Å²) in [4.78, 5) is 3.29. The maximum atomic E-state index is 12.4. The van der Waals surface area contributed by atoms with Gasteiger partial charge in [0, 0.05) is 25.0 Å². The molecule has 2 heterocycles. The smallest absolute Gasteiger partial charge is 0.382 e. The van der Waals surface area contributed by atoms with Crippen molar-refractivity contribution < 1.29 is 17.9 Å². The summed E-state index contributed by atoms with van der Waals surface area (Å²) in [6.45, 7) is 1.26. The number of hydrogen-bond donors (Lipinski definition) is 1. The summed E-state index contributed by atoms with van der Waals surface area (Å²) in [5, 5.41) is 2.93. The fourth-order valence-corrected chi connectivity index (χ4v) is 1.73. The van der Waals surface area contributed by atoms with E-state index < -0.39 is 11.9 Å². The van der Waals surface area contributed by atoms with Crippen LogP contribution in [0.15, 0.2) is 18.3 Å². The molecule has 17 heavy (non-hydrogen) atoms. The molecule has 2 rings (SSSR count). The van der Waals surface area contributed by atoms with Crippen LogP contribution in [0.3, 0.4) is 0 Å². The van der Waals surface area contributed by atoms with Gasteiger partial charge in [-0.2, -0.15) is 13.2 Å². The van der Waals surface area contributed by atoms with Crippen molar-refractivity contribution in [1.82, 2.24) is 4.98 Å². The lowest BCUT2D eigenvalue weighted by atomic mass is 10.2. The Labute approximate surface area is 97.0 Å². The largest absolute Gasteiger partial charge is 0.433 e. The second-order valence-corrected chi connectivity index (χ2v) is 3.94. The van der Waals surface area contributed by atoms with E-state index in [1.807, 2.05) is 0 Å². The molecule has 0 radical (unpaired) electrons. The third-order valence-electron chi connectivity index (χ3n) is 2.61. The number of nitrogens with one attached hydrogen (secondary N) is 1. The average Bonchev–Trinajstić information content (AvgIpc) is 2.78. The van der Waals surface area contributed by atoms with Gasteiger partial charge in [-0.15, -0.1) is 0 Å². The first-order valence-electron chi connectivity index (χ1n) is 5.44. The minimum atomic E-state index is -4.40. The molecular formula is C11H13F3N2O. The lowest BCUT2D eigenvalue weighted by Gasteiger charge is -2.13. The summed E-state index contributed by atoms with van der Waals surface area (Å²) in [6, 6.07) is 2.53. The van der Waals surface area contributed by atoms with Gasteiger partial charge in [0.25, 0.3) is 0 Å². The fraction of sp³-hybridized carbons (Fsp3) is 0.545. The van der Waals surface area contributed by atoms with E-state index in [4.69, 9.17) is 4.74 Å². The summed E-state index contributed by atoms with van der Waals surface area (Å²) in [7, 11) is 0. The fourth-order valence-electron chi connectivity index (χ4n) is 1.73. The van der Waals surface area contributed by atoms with Gasteiger partial charge < -0.3 is 10.1 Å². The highest BCUT2D eigenvalue weighted by atomic mass is 19.4. The van der Waals surface area contributed by atoms with Crippen LogP contribution in [-0.2, 0) is 10.9 Å². The van der Waals surface area contributed by atoms with E-state index in [2.05, 4.69) is 10.3 Å². The van der Waals surface area contributed by atoms with Crippen LogP contribution in [0.1, 0.15) is 18.5 Å². The van der Waals surface area contributed by atoms with Gasteiger partial charge in [0.1, 0.15) is 5.69 Å². The van der Waals surface area contributed by atoms with Crippen molar-refractivity contribution in [3.05, 3.63) is 24.0 Å². The van der Waals surface area contributed by atoms with Crippen LogP contribution in [0, 0.1) is 0 Å². The van der Waals surface area contributed by atoms with Crippen LogP contribution in [0.2, 0.25) is 0 Å². The molecule has 0 spiro atoms. The maximum absolute atomic E-state index is 12.4. The molecular weight excluding hydrogens is 233 g/mol. The third-order valence-corrected chi connectivity index (χ3v) is 2.61. The minimum Gasteiger partial charge on any atom is -0.382 e. The van der Waals surface area contributed by atoms with Crippen LogP contribution >= 0.6 is 0 Å². The molecule has 3 nitrogen and oxygen atoms in total. The highest BCUT2D eigenvalue weighted by molar-refractivity contribution is 5.43. The minimum absolute atomic E-state index is 0.0949. The van der Waals surface area contributed by atoms with Crippen molar-refractivity contribution in [2.45, 2.75) is 25.1 Å². The first kappa shape index (κ1) is 12.2. The van der Waals surface area contributed by atoms with Gasteiger partial charge >= 0.3 is 6.18 Å². The molecule has 1 atom stereocenters. The summed E-state index contributed by atoms with van der Waals surface area (Å²) in [5.41, 5.74) is -0.460.